The first-order valence-electron chi connectivity index (χ1n) is 21.1. The predicted octanol–water partition coefficient (Wildman–Crippen LogP) is 2.61. The zero-order valence-electron chi connectivity index (χ0n) is 33.1. The maximum absolute atomic E-state index is 9.64. The summed E-state index contributed by atoms with van der Waals surface area (Å²) in [6, 6.07) is 3.97. The van der Waals surface area contributed by atoms with E-state index in [-0.39, 0.29) is 0 Å². The van der Waals surface area contributed by atoms with Crippen molar-refractivity contribution in [1.29, 1.82) is 0 Å². The Bertz CT molecular complexity index is 752. The van der Waals surface area contributed by atoms with Crippen LogP contribution in [0.5, 0.6) is 0 Å². The molecule has 6 fully saturated rings. The zero-order valence-corrected chi connectivity index (χ0v) is 34.0. The minimum atomic E-state index is -5.30. The lowest BCUT2D eigenvalue weighted by atomic mass is 9.97. The lowest BCUT2D eigenvalue weighted by Crippen LogP contribution is -2.61. The first kappa shape index (κ1) is 50.9. The number of phosphoric acid groups is 1. The van der Waals surface area contributed by atoms with Gasteiger partial charge in [0.15, 0.2) is 0 Å². The second-order valence-corrected chi connectivity index (χ2v) is 17.0. The molecule has 0 aliphatic heterocycles. The smallest absolute Gasteiger partial charge is 0.139 e. The maximum Gasteiger partial charge on any atom is 0.139 e. The van der Waals surface area contributed by atoms with Gasteiger partial charge in [0.05, 0.1) is 18.1 Å². The largest absolute Gasteiger partial charge is 0.780 e. The van der Waals surface area contributed by atoms with Crippen LogP contribution in [-0.2, 0) is 13.9 Å². The first-order chi connectivity index (χ1) is 24.7. The van der Waals surface area contributed by atoms with Crippen LogP contribution in [0.4, 0.5) is 0 Å². The SMILES string of the molecule is C=C(OP(=O)([O-])[O-])C(=O)[O-].NC1CCCCC1.NC1CCCCC1.NC1CCCCC1.[NH3+]C1CCCCC1.[NH3+]C1CCCCC1.[NH3+]C1CCCCC1. The highest BCUT2D eigenvalue weighted by molar-refractivity contribution is 7.43. The number of carboxylic acids is 1. The van der Waals surface area contributed by atoms with Gasteiger partial charge in [-0.25, -0.2) is 0 Å². The van der Waals surface area contributed by atoms with Crippen molar-refractivity contribution in [2.24, 2.45) is 17.2 Å². The number of nitrogens with two attached hydrogens (primary N) is 3. The van der Waals surface area contributed by atoms with Gasteiger partial charge < -0.3 is 63.2 Å². The third-order valence-corrected chi connectivity index (χ3v) is 11.0. The van der Waals surface area contributed by atoms with Crippen molar-refractivity contribution in [3.8, 4) is 0 Å². The van der Waals surface area contributed by atoms with Gasteiger partial charge in [0.1, 0.15) is 19.6 Å². The van der Waals surface area contributed by atoms with Crippen LogP contribution in [0, 0.1) is 0 Å². The fourth-order valence-electron chi connectivity index (χ4n) is 7.14. The number of carboxylic acid groups (broad SMARTS) is 1. The van der Waals surface area contributed by atoms with Gasteiger partial charge in [0, 0.05) is 18.1 Å². The number of aliphatic carboxylic acids is 1. The molecule has 12 nitrogen and oxygen atoms in total. The van der Waals surface area contributed by atoms with Crippen LogP contribution in [0.3, 0.4) is 0 Å². The summed E-state index contributed by atoms with van der Waals surface area (Å²) < 4.78 is 12.9. The third kappa shape index (κ3) is 35.9. The van der Waals surface area contributed by atoms with Crippen molar-refractivity contribution in [3.63, 3.8) is 0 Å². The molecule has 13 heteroatoms. The van der Waals surface area contributed by atoms with Gasteiger partial charge in [0.25, 0.3) is 0 Å². The molecule has 310 valence electrons. The number of hydrogen-bond acceptors (Lipinski definition) is 9. The summed E-state index contributed by atoms with van der Waals surface area (Å²) in [6.07, 6.45) is 41.1. The molecule has 0 saturated heterocycles. The summed E-state index contributed by atoms with van der Waals surface area (Å²) in [4.78, 5) is 28.9. The summed E-state index contributed by atoms with van der Waals surface area (Å²) in [5, 5.41) is 9.64. The molecule has 15 N–H and O–H groups in total. The molecule has 6 aliphatic rings. The molecule has 0 spiro atoms. The molecule has 0 aromatic heterocycles. The van der Waals surface area contributed by atoms with Crippen LogP contribution in [-0.4, -0.2) is 42.2 Å². The highest BCUT2D eigenvalue weighted by atomic mass is 31.2. The minimum absolute atomic E-state index is 0.536. The lowest BCUT2D eigenvalue weighted by molar-refractivity contribution is -0.425. The van der Waals surface area contributed by atoms with E-state index in [4.69, 9.17) is 17.2 Å². The maximum atomic E-state index is 9.64. The number of quaternary nitrogens is 3. The molecule has 0 amide bonds. The van der Waals surface area contributed by atoms with Crippen molar-refractivity contribution in [1.82, 2.24) is 0 Å². The highest BCUT2D eigenvalue weighted by Gasteiger charge is 2.12. The highest BCUT2D eigenvalue weighted by Crippen LogP contribution is 2.27. The summed E-state index contributed by atoms with van der Waals surface area (Å²) in [7, 11) is -5.30. The van der Waals surface area contributed by atoms with E-state index in [2.05, 4.69) is 28.3 Å². The summed E-state index contributed by atoms with van der Waals surface area (Å²) in [5.74, 6) is -3.15. The molecule has 0 aromatic carbocycles. The standard InChI is InChI=1S/6C6H13N.C3H5O6P/c6*7-6-4-2-1-3-5-6;1-2(3(4)5)9-10(6,7)8/h6*6H,1-5,7H2;1H2,(H,4,5)(H2,6,7,8). The van der Waals surface area contributed by atoms with E-state index >= 15 is 0 Å². The number of carbonyl (C=O) groups is 1. The molecule has 0 atom stereocenters. The van der Waals surface area contributed by atoms with Crippen molar-refractivity contribution >= 4 is 13.8 Å². The normalized spacial score (nSPS) is 22.5. The molecule has 6 aliphatic carbocycles. The molecule has 52 heavy (non-hydrogen) atoms. The van der Waals surface area contributed by atoms with Crippen molar-refractivity contribution in [3.05, 3.63) is 12.3 Å². The van der Waals surface area contributed by atoms with E-state index in [0.29, 0.717) is 18.1 Å². The Labute approximate surface area is 317 Å². The van der Waals surface area contributed by atoms with E-state index in [9.17, 15) is 24.3 Å². The molecule has 6 saturated carbocycles. The van der Waals surface area contributed by atoms with Crippen molar-refractivity contribution in [2.75, 3.05) is 0 Å². The van der Waals surface area contributed by atoms with Gasteiger partial charge in [-0.15, -0.1) is 0 Å². The van der Waals surface area contributed by atoms with Crippen LogP contribution in [0.25, 0.3) is 0 Å². The molecule has 6 rings (SSSR count). The number of carbonyl (C=O) groups excluding carboxylic acids is 1. The molecular formula is C39H83N6O6P. The first-order valence-corrected chi connectivity index (χ1v) is 22.5. The summed E-state index contributed by atoms with van der Waals surface area (Å²) >= 11 is 0. The van der Waals surface area contributed by atoms with Gasteiger partial charge in [-0.2, -0.15) is 0 Å². The third-order valence-electron chi connectivity index (χ3n) is 10.6. The quantitative estimate of drug-likeness (QED) is 0.140. The van der Waals surface area contributed by atoms with Crippen LogP contribution in [0.15, 0.2) is 12.3 Å². The second kappa shape index (κ2) is 33.3. The van der Waals surface area contributed by atoms with Gasteiger partial charge in [-0.1, -0.05) is 83.6 Å². The molecular weight excluding hydrogens is 679 g/mol. The number of phosphoric ester groups is 1. The van der Waals surface area contributed by atoms with E-state index in [0.717, 1.165) is 18.1 Å². The van der Waals surface area contributed by atoms with Gasteiger partial charge in [-0.05, 0) is 116 Å². The van der Waals surface area contributed by atoms with Crippen LogP contribution in [0.1, 0.15) is 193 Å². The molecule has 0 radical (unpaired) electrons. The van der Waals surface area contributed by atoms with Gasteiger partial charge in [0.2, 0.25) is 0 Å². The van der Waals surface area contributed by atoms with Crippen LogP contribution >= 0.6 is 7.82 Å². The Balaban J connectivity index is 0.000000585. The number of rotatable bonds is 3. The Morgan fingerprint density at radius 1 is 0.481 bits per heavy atom. The predicted molar refractivity (Wildman–Crippen MR) is 205 cm³/mol. The summed E-state index contributed by atoms with van der Waals surface area (Å²) in [6.45, 7) is 2.58. The second-order valence-electron chi connectivity index (χ2n) is 16.0. The Morgan fingerprint density at radius 3 is 0.750 bits per heavy atom. The van der Waals surface area contributed by atoms with E-state index in [1.807, 2.05) is 0 Å². The van der Waals surface area contributed by atoms with E-state index < -0.39 is 19.6 Å². The van der Waals surface area contributed by atoms with Crippen LogP contribution < -0.4 is 49.3 Å². The summed E-state index contributed by atoms with van der Waals surface area (Å²) in [5.41, 5.74) is 28.9. The minimum Gasteiger partial charge on any atom is -0.780 e. The van der Waals surface area contributed by atoms with Gasteiger partial charge >= 0.3 is 0 Å². The number of hydrogen-bond donors (Lipinski definition) is 6. The molecule has 0 aromatic rings. The van der Waals surface area contributed by atoms with Crippen LogP contribution in [0.2, 0.25) is 0 Å². The molecule has 0 unspecified atom stereocenters. The van der Waals surface area contributed by atoms with E-state index in [1.54, 1.807) is 0 Å². The lowest BCUT2D eigenvalue weighted by Gasteiger charge is -2.29. The average molecular weight is 763 g/mol. The van der Waals surface area contributed by atoms with Gasteiger partial charge in [-0.3, -0.25) is 0 Å². The zero-order chi connectivity index (χ0) is 39.0. The Kier molecular flexibility index (Phi) is 32.6. The molecule has 0 heterocycles. The topological polar surface area (TPSA) is 274 Å². The monoisotopic (exact) mass is 763 g/mol. The van der Waals surface area contributed by atoms with E-state index in [1.165, 1.54) is 193 Å². The Morgan fingerprint density at radius 2 is 0.673 bits per heavy atom. The van der Waals surface area contributed by atoms with Crippen molar-refractivity contribution in [2.45, 2.75) is 229 Å². The van der Waals surface area contributed by atoms with Crippen molar-refractivity contribution < 1.29 is 46.0 Å². The fraction of sp³-hybridized carbons (Fsp3) is 0.923. The average Bonchev–Trinajstić information content (AvgIpc) is 3.11. The fourth-order valence-corrected chi connectivity index (χ4v) is 7.48. The molecule has 0 bridgehead atoms. The Hall–Kier alpha value is -1.08.